The van der Waals surface area contributed by atoms with Crippen molar-refractivity contribution in [3.63, 3.8) is 0 Å². The summed E-state index contributed by atoms with van der Waals surface area (Å²) >= 11 is 9.16. The Balaban J connectivity index is 2.20. The van der Waals surface area contributed by atoms with Crippen molar-refractivity contribution in [2.24, 2.45) is 5.92 Å². The molecule has 0 aliphatic carbocycles. The Morgan fingerprint density at radius 1 is 1.41 bits per heavy atom. The van der Waals surface area contributed by atoms with Gasteiger partial charge in [0, 0.05) is 13.2 Å². The second-order valence-corrected chi connectivity index (χ2v) is 5.20. The zero-order valence-corrected chi connectivity index (χ0v) is 12.4. The zero-order valence-electron chi connectivity index (χ0n) is 10.0. The van der Waals surface area contributed by atoms with Crippen LogP contribution >= 0.6 is 27.5 Å². The molecule has 6 heteroatoms. The molecular weight excluding hydrogens is 305 g/mol. The summed E-state index contributed by atoms with van der Waals surface area (Å²) in [7, 11) is 0. The van der Waals surface area contributed by atoms with E-state index < -0.39 is 0 Å². The summed E-state index contributed by atoms with van der Waals surface area (Å²) < 4.78 is 6.17. The summed E-state index contributed by atoms with van der Waals surface area (Å²) in [5.74, 6) is 1.37. The van der Waals surface area contributed by atoms with Gasteiger partial charge in [-0.1, -0.05) is 25.4 Å². The maximum Gasteiger partial charge on any atom is 0.148 e. The molecule has 1 N–H and O–H groups in total. The standard InChI is InChI=1S/C11H17BrClN3O/c1-8(2)3-5-17-6-4-14-11-9(12)10(13)15-7-16-11/h7-8H,3-6H2,1-2H3,(H,14,15,16). The molecule has 0 aliphatic rings. The average molecular weight is 323 g/mol. The first-order valence-electron chi connectivity index (χ1n) is 5.59. The van der Waals surface area contributed by atoms with Crippen molar-refractivity contribution in [2.75, 3.05) is 25.1 Å². The van der Waals surface area contributed by atoms with Crippen LogP contribution in [0.5, 0.6) is 0 Å². The van der Waals surface area contributed by atoms with Gasteiger partial charge in [0.25, 0.3) is 0 Å². The molecule has 0 saturated carbocycles. The molecule has 0 aliphatic heterocycles. The lowest BCUT2D eigenvalue weighted by Gasteiger charge is -2.09. The van der Waals surface area contributed by atoms with Crippen LogP contribution < -0.4 is 5.32 Å². The summed E-state index contributed by atoms with van der Waals surface area (Å²) in [5, 5.41) is 3.54. The van der Waals surface area contributed by atoms with Gasteiger partial charge in [0.2, 0.25) is 0 Å². The number of nitrogens with zero attached hydrogens (tertiary/aromatic N) is 2. The summed E-state index contributed by atoms with van der Waals surface area (Å²) in [6.07, 6.45) is 2.51. The minimum Gasteiger partial charge on any atom is -0.380 e. The number of anilines is 1. The molecule has 17 heavy (non-hydrogen) atoms. The highest BCUT2D eigenvalue weighted by atomic mass is 79.9. The average Bonchev–Trinajstić information content (AvgIpc) is 2.28. The molecule has 1 rings (SSSR count). The quantitative estimate of drug-likeness (QED) is 0.617. The molecule has 0 atom stereocenters. The van der Waals surface area contributed by atoms with Gasteiger partial charge in [-0.2, -0.15) is 0 Å². The zero-order chi connectivity index (χ0) is 12.7. The summed E-state index contributed by atoms with van der Waals surface area (Å²) in [6.45, 7) is 6.51. The van der Waals surface area contributed by atoms with E-state index in [1.54, 1.807) is 0 Å². The number of nitrogens with one attached hydrogen (secondary N) is 1. The van der Waals surface area contributed by atoms with Crippen LogP contribution in [0.1, 0.15) is 20.3 Å². The first-order chi connectivity index (χ1) is 8.11. The van der Waals surface area contributed by atoms with Crippen molar-refractivity contribution in [3.05, 3.63) is 16.0 Å². The molecule has 0 unspecified atom stereocenters. The Bertz CT molecular complexity index is 349. The number of hydrogen-bond donors (Lipinski definition) is 1. The van der Waals surface area contributed by atoms with Crippen molar-refractivity contribution in [1.82, 2.24) is 9.97 Å². The van der Waals surface area contributed by atoms with Gasteiger partial charge in [0.1, 0.15) is 17.3 Å². The van der Waals surface area contributed by atoms with Gasteiger partial charge in [-0.05, 0) is 28.3 Å². The van der Waals surface area contributed by atoms with E-state index in [1.165, 1.54) is 6.33 Å². The summed E-state index contributed by atoms with van der Waals surface area (Å²) in [4.78, 5) is 7.93. The van der Waals surface area contributed by atoms with Gasteiger partial charge in [-0.15, -0.1) is 0 Å². The molecule has 0 radical (unpaired) electrons. The molecule has 4 nitrogen and oxygen atoms in total. The fraction of sp³-hybridized carbons (Fsp3) is 0.636. The first kappa shape index (κ1) is 14.7. The predicted molar refractivity (Wildman–Crippen MR) is 73.5 cm³/mol. The molecule has 0 aromatic carbocycles. The van der Waals surface area contributed by atoms with Crippen LogP contribution in [-0.2, 0) is 4.74 Å². The lowest BCUT2D eigenvalue weighted by molar-refractivity contribution is 0.132. The third-order valence-corrected chi connectivity index (χ3v) is 3.39. The molecule has 0 fully saturated rings. The van der Waals surface area contributed by atoms with Crippen molar-refractivity contribution in [2.45, 2.75) is 20.3 Å². The van der Waals surface area contributed by atoms with Crippen molar-refractivity contribution in [1.29, 1.82) is 0 Å². The Morgan fingerprint density at radius 3 is 2.88 bits per heavy atom. The van der Waals surface area contributed by atoms with Gasteiger partial charge in [-0.3, -0.25) is 0 Å². The van der Waals surface area contributed by atoms with Gasteiger partial charge in [0.05, 0.1) is 11.1 Å². The topological polar surface area (TPSA) is 47.0 Å². The van der Waals surface area contributed by atoms with E-state index in [1.807, 2.05) is 0 Å². The molecule has 1 heterocycles. The molecular formula is C11H17BrClN3O. The van der Waals surface area contributed by atoms with Crippen molar-refractivity contribution in [3.8, 4) is 0 Å². The molecule has 0 spiro atoms. The number of rotatable bonds is 7. The smallest absolute Gasteiger partial charge is 0.148 e. The number of hydrogen-bond acceptors (Lipinski definition) is 4. The lowest BCUT2D eigenvalue weighted by Crippen LogP contribution is -2.12. The molecule has 0 bridgehead atoms. The van der Waals surface area contributed by atoms with Gasteiger partial charge >= 0.3 is 0 Å². The summed E-state index contributed by atoms with van der Waals surface area (Å²) in [6, 6.07) is 0. The highest BCUT2D eigenvalue weighted by molar-refractivity contribution is 9.10. The SMILES string of the molecule is CC(C)CCOCCNc1ncnc(Cl)c1Br. The van der Waals surface area contributed by atoms with Crippen LogP contribution in [0, 0.1) is 5.92 Å². The Labute approximate surface area is 115 Å². The maximum atomic E-state index is 5.84. The highest BCUT2D eigenvalue weighted by Crippen LogP contribution is 2.25. The largest absolute Gasteiger partial charge is 0.380 e. The normalized spacial score (nSPS) is 10.9. The lowest BCUT2D eigenvalue weighted by atomic mass is 10.1. The van der Waals surface area contributed by atoms with Gasteiger partial charge in [-0.25, -0.2) is 9.97 Å². The number of ether oxygens (including phenoxy) is 1. The third-order valence-electron chi connectivity index (χ3n) is 2.13. The molecule has 0 saturated heterocycles. The maximum absolute atomic E-state index is 5.84. The van der Waals surface area contributed by atoms with E-state index in [0.29, 0.717) is 34.5 Å². The van der Waals surface area contributed by atoms with Crippen LogP contribution in [0.25, 0.3) is 0 Å². The second-order valence-electron chi connectivity index (χ2n) is 4.05. The predicted octanol–water partition coefficient (Wildman–Crippen LogP) is 3.37. The van der Waals surface area contributed by atoms with Gasteiger partial charge < -0.3 is 10.1 Å². The van der Waals surface area contributed by atoms with Crippen molar-refractivity contribution >= 4 is 33.3 Å². The van der Waals surface area contributed by atoms with E-state index in [-0.39, 0.29) is 0 Å². The van der Waals surface area contributed by atoms with Gasteiger partial charge in [0.15, 0.2) is 0 Å². The minimum absolute atomic E-state index is 0.406. The monoisotopic (exact) mass is 321 g/mol. The van der Waals surface area contributed by atoms with E-state index in [4.69, 9.17) is 16.3 Å². The Kier molecular flexibility index (Phi) is 6.77. The first-order valence-corrected chi connectivity index (χ1v) is 6.76. The third kappa shape index (κ3) is 5.66. The van der Waals surface area contributed by atoms with Crippen LogP contribution in [0.3, 0.4) is 0 Å². The molecule has 1 aromatic rings. The Morgan fingerprint density at radius 2 is 2.18 bits per heavy atom. The minimum atomic E-state index is 0.406. The van der Waals surface area contributed by atoms with Crippen LogP contribution in [0.2, 0.25) is 5.15 Å². The van der Waals surface area contributed by atoms with Crippen LogP contribution in [0.15, 0.2) is 10.8 Å². The highest BCUT2D eigenvalue weighted by Gasteiger charge is 2.05. The van der Waals surface area contributed by atoms with E-state index >= 15 is 0 Å². The van der Waals surface area contributed by atoms with Crippen molar-refractivity contribution < 1.29 is 4.74 Å². The summed E-state index contributed by atoms with van der Waals surface area (Å²) in [5.41, 5.74) is 0. The molecule has 1 aromatic heterocycles. The van der Waals surface area contributed by atoms with E-state index in [0.717, 1.165) is 13.0 Å². The molecule has 0 amide bonds. The fourth-order valence-electron chi connectivity index (χ4n) is 1.13. The van der Waals surface area contributed by atoms with Crippen LogP contribution in [0.4, 0.5) is 5.82 Å². The number of halogens is 2. The molecule has 96 valence electrons. The fourth-order valence-corrected chi connectivity index (χ4v) is 1.61. The van der Waals surface area contributed by atoms with E-state index in [9.17, 15) is 0 Å². The second kappa shape index (κ2) is 7.84. The Hall–Kier alpha value is -0.390. The van der Waals surface area contributed by atoms with E-state index in [2.05, 4.69) is 45.1 Å². The number of aromatic nitrogens is 2. The van der Waals surface area contributed by atoms with Crippen LogP contribution in [-0.4, -0.2) is 29.7 Å².